The van der Waals surface area contributed by atoms with Crippen LogP contribution in [0, 0.1) is 0 Å². The van der Waals surface area contributed by atoms with Gasteiger partial charge in [0.2, 0.25) is 5.24 Å². The third-order valence-corrected chi connectivity index (χ3v) is 2.00. The fourth-order valence-corrected chi connectivity index (χ4v) is 1.22. The van der Waals surface area contributed by atoms with E-state index in [2.05, 4.69) is 30.7 Å². The van der Waals surface area contributed by atoms with E-state index < -0.39 is 0 Å². The smallest absolute Gasteiger partial charge is 0.218 e. The van der Waals surface area contributed by atoms with Gasteiger partial charge in [-0.15, -0.1) is 0 Å². The number of hydrogen-bond acceptors (Lipinski definition) is 2. The van der Waals surface area contributed by atoms with Gasteiger partial charge in [0.1, 0.15) is 0 Å². The number of carbonyl (C=O) groups is 1. The minimum atomic E-state index is -0.361. The molecule has 0 saturated heterocycles. The molecule has 0 unspecified atom stereocenters. The summed E-state index contributed by atoms with van der Waals surface area (Å²) in [6.07, 6.45) is 3.72. The minimum Gasteiger partial charge on any atom is -0.377 e. The van der Waals surface area contributed by atoms with Crippen molar-refractivity contribution in [2.45, 2.75) is 39.7 Å². The van der Waals surface area contributed by atoms with Crippen molar-refractivity contribution in [3.05, 3.63) is 35.9 Å². The summed E-state index contributed by atoms with van der Waals surface area (Å²) >= 11 is 4.64. The van der Waals surface area contributed by atoms with Gasteiger partial charge in [-0.05, 0) is 23.6 Å². The second-order valence-electron chi connectivity index (χ2n) is 3.72. The average molecular weight is 257 g/mol. The Bertz CT molecular complexity index is 282. The van der Waals surface area contributed by atoms with Gasteiger partial charge < -0.3 is 4.74 Å². The van der Waals surface area contributed by atoms with Crippen LogP contribution in [0.1, 0.15) is 38.7 Å². The van der Waals surface area contributed by atoms with Crippen molar-refractivity contribution < 1.29 is 9.53 Å². The predicted octanol–water partition coefficient (Wildman–Crippen LogP) is 4.17. The normalized spacial score (nSPS) is 9.35. The molecular formula is C14H21ClO2. The lowest BCUT2D eigenvalue weighted by Crippen LogP contribution is -1.94. The molecule has 0 aliphatic rings. The van der Waals surface area contributed by atoms with Crippen LogP contribution >= 0.6 is 11.6 Å². The summed E-state index contributed by atoms with van der Waals surface area (Å²) in [6.45, 7) is 5.14. The number of ether oxygens (including phenoxy) is 1. The van der Waals surface area contributed by atoms with E-state index in [1.807, 2.05) is 18.2 Å². The van der Waals surface area contributed by atoms with E-state index in [0.29, 0.717) is 0 Å². The molecule has 0 aromatic heterocycles. The molecule has 1 aromatic carbocycles. The number of halogens is 1. The first kappa shape index (κ1) is 16.1. The Morgan fingerprint density at radius 3 is 2.35 bits per heavy atom. The maximum atomic E-state index is 9.21. The van der Waals surface area contributed by atoms with Crippen LogP contribution in [0.2, 0.25) is 0 Å². The van der Waals surface area contributed by atoms with Crippen LogP contribution in [0.25, 0.3) is 0 Å². The van der Waals surface area contributed by atoms with E-state index in [1.165, 1.54) is 31.7 Å². The molecule has 96 valence electrons. The Morgan fingerprint density at radius 1 is 1.24 bits per heavy atom. The Labute approximate surface area is 109 Å². The highest BCUT2D eigenvalue weighted by Crippen LogP contribution is 2.01. The van der Waals surface area contributed by atoms with E-state index in [1.54, 1.807) is 0 Å². The molecule has 0 atom stereocenters. The molecule has 0 heterocycles. The van der Waals surface area contributed by atoms with Crippen LogP contribution < -0.4 is 0 Å². The zero-order valence-electron chi connectivity index (χ0n) is 10.6. The Hall–Kier alpha value is -0.860. The van der Waals surface area contributed by atoms with Crippen molar-refractivity contribution in [3.8, 4) is 0 Å². The van der Waals surface area contributed by atoms with Crippen LogP contribution in [-0.4, -0.2) is 11.8 Å². The molecule has 17 heavy (non-hydrogen) atoms. The molecular weight excluding hydrogens is 236 g/mol. The summed E-state index contributed by atoms with van der Waals surface area (Å²) in [5, 5.41) is -0.361. The molecule has 0 fully saturated rings. The van der Waals surface area contributed by atoms with Gasteiger partial charge in [-0.25, -0.2) is 0 Å². The number of benzene rings is 1. The van der Waals surface area contributed by atoms with E-state index in [9.17, 15) is 4.79 Å². The topological polar surface area (TPSA) is 26.3 Å². The van der Waals surface area contributed by atoms with Gasteiger partial charge in [0.25, 0.3) is 0 Å². The number of carbonyl (C=O) groups excluding carboxylic acids is 1. The van der Waals surface area contributed by atoms with Crippen LogP contribution in [0.15, 0.2) is 30.3 Å². The van der Waals surface area contributed by atoms with Crippen LogP contribution in [0.4, 0.5) is 0 Å². The quantitative estimate of drug-likeness (QED) is 0.564. The van der Waals surface area contributed by atoms with Crippen molar-refractivity contribution >= 4 is 16.8 Å². The lowest BCUT2D eigenvalue weighted by molar-refractivity contribution is -0.109. The first-order chi connectivity index (χ1) is 8.16. The van der Waals surface area contributed by atoms with Crippen molar-refractivity contribution in [1.29, 1.82) is 0 Å². The molecule has 1 rings (SSSR count). The van der Waals surface area contributed by atoms with Gasteiger partial charge >= 0.3 is 0 Å². The molecule has 2 nitrogen and oxygen atoms in total. The second-order valence-corrected chi connectivity index (χ2v) is 4.25. The van der Waals surface area contributed by atoms with Crippen LogP contribution in [-0.2, 0) is 16.1 Å². The van der Waals surface area contributed by atoms with E-state index in [4.69, 9.17) is 4.74 Å². The summed E-state index contributed by atoms with van der Waals surface area (Å²) in [5.41, 5.74) is 1.26. The van der Waals surface area contributed by atoms with E-state index in [0.717, 1.165) is 13.2 Å². The minimum absolute atomic E-state index is 0.361. The molecule has 1 aromatic rings. The SMILES string of the molecule is CC(=O)Cl.CCCCCOCc1ccccc1. The van der Waals surface area contributed by atoms with Crippen LogP contribution in [0.5, 0.6) is 0 Å². The molecule has 0 N–H and O–H groups in total. The van der Waals surface area contributed by atoms with Gasteiger partial charge in [0.05, 0.1) is 6.61 Å². The highest BCUT2D eigenvalue weighted by molar-refractivity contribution is 6.62. The van der Waals surface area contributed by atoms with E-state index in [-0.39, 0.29) is 5.24 Å². The van der Waals surface area contributed by atoms with Crippen LogP contribution in [0.3, 0.4) is 0 Å². The zero-order chi connectivity index (χ0) is 12.9. The summed E-state index contributed by atoms with van der Waals surface area (Å²) < 4.78 is 5.52. The molecule has 0 bridgehead atoms. The largest absolute Gasteiger partial charge is 0.377 e. The predicted molar refractivity (Wildman–Crippen MR) is 72.2 cm³/mol. The zero-order valence-corrected chi connectivity index (χ0v) is 11.4. The summed E-state index contributed by atoms with van der Waals surface area (Å²) in [4.78, 5) is 9.21. The maximum absolute atomic E-state index is 9.21. The van der Waals surface area contributed by atoms with Gasteiger partial charge in [0, 0.05) is 13.5 Å². The third-order valence-electron chi connectivity index (χ3n) is 2.00. The summed E-state index contributed by atoms with van der Waals surface area (Å²) in [6, 6.07) is 10.3. The molecule has 0 aliphatic heterocycles. The number of hydrogen-bond donors (Lipinski definition) is 0. The van der Waals surface area contributed by atoms with Crippen molar-refractivity contribution in [3.63, 3.8) is 0 Å². The average Bonchev–Trinajstić information content (AvgIpc) is 2.29. The first-order valence-corrected chi connectivity index (χ1v) is 6.32. The molecule has 0 spiro atoms. The molecule has 0 radical (unpaired) electrons. The highest BCUT2D eigenvalue weighted by Gasteiger charge is 1.90. The van der Waals surface area contributed by atoms with Gasteiger partial charge in [-0.1, -0.05) is 50.1 Å². The van der Waals surface area contributed by atoms with Crippen molar-refractivity contribution in [1.82, 2.24) is 0 Å². The molecule has 0 amide bonds. The maximum Gasteiger partial charge on any atom is 0.218 e. The standard InChI is InChI=1S/C12H18O.C2H3ClO/c1-2-3-7-10-13-11-12-8-5-4-6-9-12;1-2(3)4/h4-6,8-9H,2-3,7,10-11H2,1H3;1H3. The summed E-state index contributed by atoms with van der Waals surface area (Å²) in [7, 11) is 0. The highest BCUT2D eigenvalue weighted by atomic mass is 35.5. The number of rotatable bonds is 6. The van der Waals surface area contributed by atoms with E-state index >= 15 is 0 Å². The number of unbranched alkanes of at least 4 members (excludes halogenated alkanes) is 2. The Kier molecular flexibility index (Phi) is 11.0. The van der Waals surface area contributed by atoms with Gasteiger partial charge in [0.15, 0.2) is 0 Å². The fraction of sp³-hybridized carbons (Fsp3) is 0.500. The Morgan fingerprint density at radius 2 is 1.82 bits per heavy atom. The fourth-order valence-electron chi connectivity index (χ4n) is 1.22. The lowest BCUT2D eigenvalue weighted by Gasteiger charge is -2.02. The van der Waals surface area contributed by atoms with Gasteiger partial charge in [-0.3, -0.25) is 4.79 Å². The lowest BCUT2D eigenvalue weighted by atomic mass is 10.2. The molecule has 0 aliphatic carbocycles. The van der Waals surface area contributed by atoms with Crippen molar-refractivity contribution in [2.24, 2.45) is 0 Å². The second kappa shape index (κ2) is 11.6. The Balaban J connectivity index is 0.000000557. The third kappa shape index (κ3) is 13.1. The molecule has 0 saturated carbocycles. The van der Waals surface area contributed by atoms with Gasteiger partial charge in [-0.2, -0.15) is 0 Å². The van der Waals surface area contributed by atoms with Crippen molar-refractivity contribution in [2.75, 3.05) is 6.61 Å². The first-order valence-electron chi connectivity index (χ1n) is 5.94. The monoisotopic (exact) mass is 256 g/mol. The summed E-state index contributed by atoms with van der Waals surface area (Å²) in [5.74, 6) is 0. The molecule has 3 heteroatoms.